The van der Waals surface area contributed by atoms with Crippen molar-refractivity contribution in [2.75, 3.05) is 23.4 Å². The predicted octanol–water partition coefficient (Wildman–Crippen LogP) is 3.63. The Morgan fingerprint density at radius 1 is 1.27 bits per heavy atom. The van der Waals surface area contributed by atoms with Gasteiger partial charge in [-0.1, -0.05) is 11.6 Å². The minimum absolute atomic E-state index is 0.00596. The van der Waals surface area contributed by atoms with Crippen molar-refractivity contribution < 1.29 is 17.6 Å². The molecule has 0 atom stereocenters. The number of fused-ring (bicyclic) bond motifs is 1. The van der Waals surface area contributed by atoms with E-state index in [-0.39, 0.29) is 10.7 Å². The number of rotatable bonds is 3. The number of halogens is 5. The normalized spacial score (nSPS) is 14.0. The summed E-state index contributed by atoms with van der Waals surface area (Å²) in [5, 5.41) is 13.0. The van der Waals surface area contributed by atoms with Crippen LogP contribution in [0.3, 0.4) is 0 Å². The molecular formula is C18H15ClF4N6O. The van der Waals surface area contributed by atoms with E-state index in [2.05, 4.69) is 20.4 Å². The Morgan fingerprint density at radius 3 is 2.77 bits per heavy atom. The highest BCUT2D eigenvalue weighted by Crippen LogP contribution is 2.40. The number of alkyl halides is 3. The number of anilines is 3. The molecule has 3 aromatic rings. The fourth-order valence-corrected chi connectivity index (χ4v) is 3.73. The first-order valence-electron chi connectivity index (χ1n) is 8.81. The summed E-state index contributed by atoms with van der Waals surface area (Å²) in [7, 11) is 1.45. The summed E-state index contributed by atoms with van der Waals surface area (Å²) >= 11 is 6.07. The maximum atomic E-state index is 13.4. The molecule has 0 bridgehead atoms. The third-order valence-corrected chi connectivity index (χ3v) is 5.34. The Bertz CT molecular complexity index is 1160. The number of hydrogen-bond acceptors (Lipinski definition) is 5. The van der Waals surface area contributed by atoms with Crippen molar-refractivity contribution in [3.63, 3.8) is 0 Å². The van der Waals surface area contributed by atoms with E-state index in [1.165, 1.54) is 18.1 Å². The molecule has 1 aliphatic rings. The average Bonchev–Trinajstić information content (AvgIpc) is 3.12. The highest BCUT2D eigenvalue weighted by molar-refractivity contribution is 6.33. The highest BCUT2D eigenvalue weighted by Gasteiger charge is 2.36. The molecule has 0 saturated heterocycles. The summed E-state index contributed by atoms with van der Waals surface area (Å²) in [6.45, 7) is 0.768. The minimum Gasteiger partial charge on any atom is -0.363 e. The van der Waals surface area contributed by atoms with E-state index in [0.29, 0.717) is 42.8 Å². The van der Waals surface area contributed by atoms with Crippen molar-refractivity contribution in [3.05, 3.63) is 62.4 Å². The Labute approximate surface area is 172 Å². The molecule has 3 heterocycles. The van der Waals surface area contributed by atoms with Crippen molar-refractivity contribution in [1.29, 1.82) is 0 Å². The highest BCUT2D eigenvalue weighted by atomic mass is 35.5. The molecule has 4 rings (SSSR count). The van der Waals surface area contributed by atoms with Gasteiger partial charge < -0.3 is 9.80 Å². The lowest BCUT2D eigenvalue weighted by molar-refractivity contribution is -0.137. The van der Waals surface area contributed by atoms with Crippen molar-refractivity contribution >= 4 is 28.8 Å². The van der Waals surface area contributed by atoms with Gasteiger partial charge in [-0.05, 0) is 24.6 Å². The summed E-state index contributed by atoms with van der Waals surface area (Å²) in [6.07, 6.45) is -2.84. The van der Waals surface area contributed by atoms with Gasteiger partial charge in [-0.3, -0.25) is 9.89 Å². The number of aromatic nitrogens is 4. The maximum Gasteiger partial charge on any atom is 0.418 e. The summed E-state index contributed by atoms with van der Waals surface area (Å²) < 4.78 is 53.6. The molecule has 0 unspecified atom stereocenters. The zero-order valence-corrected chi connectivity index (χ0v) is 16.3. The monoisotopic (exact) mass is 442 g/mol. The molecule has 0 saturated carbocycles. The second-order valence-corrected chi connectivity index (χ2v) is 7.17. The minimum atomic E-state index is -4.72. The van der Waals surface area contributed by atoms with E-state index in [9.17, 15) is 22.4 Å². The van der Waals surface area contributed by atoms with Gasteiger partial charge in [0.1, 0.15) is 10.8 Å². The summed E-state index contributed by atoms with van der Waals surface area (Å²) in [4.78, 5) is 14.8. The van der Waals surface area contributed by atoms with Crippen LogP contribution in [0.2, 0.25) is 5.02 Å². The number of H-pyrrole nitrogens is 2. The summed E-state index contributed by atoms with van der Waals surface area (Å²) in [5.74, 6) is -0.653. The number of nitrogens with zero attached hydrogens (tertiary/aromatic N) is 4. The third-order valence-electron chi connectivity index (χ3n) is 4.97. The summed E-state index contributed by atoms with van der Waals surface area (Å²) in [5.41, 5.74) is 0.0627. The molecule has 7 nitrogen and oxygen atoms in total. The van der Waals surface area contributed by atoms with Crippen LogP contribution in [0.1, 0.15) is 16.8 Å². The molecule has 2 aromatic heterocycles. The average molecular weight is 443 g/mol. The van der Waals surface area contributed by atoms with Crippen LogP contribution in [0.5, 0.6) is 0 Å². The van der Waals surface area contributed by atoms with Crippen molar-refractivity contribution in [2.24, 2.45) is 0 Å². The Kier molecular flexibility index (Phi) is 4.92. The maximum absolute atomic E-state index is 13.4. The molecule has 30 heavy (non-hydrogen) atoms. The predicted molar refractivity (Wildman–Crippen MR) is 103 cm³/mol. The van der Waals surface area contributed by atoms with Gasteiger partial charge in [-0.15, -0.1) is 0 Å². The van der Waals surface area contributed by atoms with E-state index >= 15 is 0 Å². The van der Waals surface area contributed by atoms with Crippen LogP contribution in [0.4, 0.5) is 34.8 Å². The fourth-order valence-electron chi connectivity index (χ4n) is 3.52. The number of hydrogen-bond donors (Lipinski definition) is 2. The second-order valence-electron chi connectivity index (χ2n) is 6.79. The van der Waals surface area contributed by atoms with Crippen LogP contribution < -0.4 is 15.4 Å². The summed E-state index contributed by atoms with van der Waals surface area (Å²) in [6, 6.07) is 2.52. The largest absolute Gasteiger partial charge is 0.418 e. The smallest absolute Gasteiger partial charge is 0.363 e. The van der Waals surface area contributed by atoms with Gasteiger partial charge in [0.05, 0.1) is 35.4 Å². The first-order valence-corrected chi connectivity index (χ1v) is 9.19. The van der Waals surface area contributed by atoms with Crippen LogP contribution in [-0.2, 0) is 19.1 Å². The Balaban J connectivity index is 1.67. The lowest BCUT2D eigenvalue weighted by Crippen LogP contribution is -2.32. The molecule has 0 amide bonds. The molecule has 2 N–H and O–H groups in total. The lowest BCUT2D eigenvalue weighted by Gasteiger charge is -2.30. The molecule has 0 radical (unpaired) electrons. The molecule has 0 aliphatic carbocycles. The molecular weight excluding hydrogens is 428 g/mol. The lowest BCUT2D eigenvalue weighted by atomic mass is 10.0. The molecule has 158 valence electrons. The van der Waals surface area contributed by atoms with Crippen LogP contribution in [-0.4, -0.2) is 34.0 Å². The van der Waals surface area contributed by atoms with E-state index in [1.54, 1.807) is 0 Å². The number of aromatic amines is 2. The van der Waals surface area contributed by atoms with Gasteiger partial charge in [0.25, 0.3) is 5.56 Å². The first kappa shape index (κ1) is 20.2. The quantitative estimate of drug-likeness (QED) is 0.605. The molecule has 1 aromatic carbocycles. The van der Waals surface area contributed by atoms with Gasteiger partial charge in [-0.2, -0.15) is 23.4 Å². The van der Waals surface area contributed by atoms with Crippen LogP contribution in [0, 0.1) is 5.82 Å². The fraction of sp³-hybridized carbons (Fsp3) is 0.278. The SMILES string of the molecule is CN(c1ccc(F)cc1C(F)(F)F)c1n[nH]c2c1CCN(c1cn[nH]c(=O)c1Cl)C2. The standard InChI is InChI=1S/C18H15ClF4N6O/c1-28(13-3-2-9(20)6-11(13)18(21,22)23)16-10-4-5-29(8-12(10)25-26-16)14-7-24-27-17(30)15(14)19/h2-3,6-7H,4-5,8H2,1H3,(H,25,26)(H,27,30). The van der Waals surface area contributed by atoms with E-state index in [0.717, 1.165) is 17.7 Å². The van der Waals surface area contributed by atoms with Gasteiger partial charge in [0, 0.05) is 19.2 Å². The molecule has 12 heteroatoms. The van der Waals surface area contributed by atoms with E-state index in [4.69, 9.17) is 11.6 Å². The van der Waals surface area contributed by atoms with Crippen LogP contribution in [0.25, 0.3) is 0 Å². The van der Waals surface area contributed by atoms with Crippen molar-refractivity contribution in [2.45, 2.75) is 19.1 Å². The van der Waals surface area contributed by atoms with Crippen LogP contribution in [0.15, 0.2) is 29.2 Å². The van der Waals surface area contributed by atoms with Crippen molar-refractivity contribution in [3.8, 4) is 0 Å². The second kappa shape index (κ2) is 7.31. The van der Waals surface area contributed by atoms with Gasteiger partial charge in [0.15, 0.2) is 5.82 Å². The first-order chi connectivity index (χ1) is 14.2. The topological polar surface area (TPSA) is 80.9 Å². The number of nitrogens with one attached hydrogen (secondary N) is 2. The molecule has 0 fully saturated rings. The molecule has 1 aliphatic heterocycles. The van der Waals surface area contributed by atoms with Crippen molar-refractivity contribution in [1.82, 2.24) is 20.4 Å². The number of benzene rings is 1. The molecule has 0 spiro atoms. The van der Waals surface area contributed by atoms with Gasteiger partial charge in [-0.25, -0.2) is 9.49 Å². The zero-order chi connectivity index (χ0) is 21.6. The van der Waals surface area contributed by atoms with Gasteiger partial charge in [0.2, 0.25) is 0 Å². The Morgan fingerprint density at radius 2 is 2.03 bits per heavy atom. The Hall–Kier alpha value is -3.08. The van der Waals surface area contributed by atoms with E-state index in [1.807, 2.05) is 4.90 Å². The van der Waals surface area contributed by atoms with E-state index < -0.39 is 23.1 Å². The van der Waals surface area contributed by atoms with Crippen LogP contribution >= 0.6 is 11.6 Å². The zero-order valence-electron chi connectivity index (χ0n) is 15.5. The van der Waals surface area contributed by atoms with Gasteiger partial charge >= 0.3 is 6.18 Å². The third kappa shape index (κ3) is 3.49.